The molecule has 0 spiro atoms. The van der Waals surface area contributed by atoms with Crippen LogP contribution in [0.2, 0.25) is 0 Å². The van der Waals surface area contributed by atoms with Crippen molar-refractivity contribution in [2.75, 3.05) is 32.1 Å². The number of anilines is 1. The number of nitriles is 1. The van der Waals surface area contributed by atoms with Crippen LogP contribution in [-0.4, -0.2) is 47.4 Å². The van der Waals surface area contributed by atoms with E-state index in [9.17, 15) is 0 Å². The Bertz CT molecular complexity index is 582. The lowest BCUT2D eigenvalue weighted by molar-refractivity contribution is 0.634. The van der Waals surface area contributed by atoms with Gasteiger partial charge in [0, 0.05) is 20.1 Å². The van der Waals surface area contributed by atoms with Gasteiger partial charge in [0.05, 0.1) is 18.2 Å². The van der Waals surface area contributed by atoms with Crippen LogP contribution in [0, 0.1) is 11.3 Å². The highest BCUT2D eigenvalue weighted by atomic mass is 15.6. The lowest BCUT2D eigenvalue weighted by atomic mass is 10.1. The molecule has 0 aliphatic heterocycles. The first-order chi connectivity index (χ1) is 9.74. The highest BCUT2D eigenvalue weighted by Crippen LogP contribution is 2.10. The van der Waals surface area contributed by atoms with Gasteiger partial charge in [-0.2, -0.15) is 5.26 Å². The number of rotatable bonds is 6. The Labute approximate surface area is 117 Å². The molecule has 0 bridgehead atoms. The summed E-state index contributed by atoms with van der Waals surface area (Å²) in [6, 6.07) is 9.52. The fraction of sp³-hybridized carbons (Fsp3) is 0.385. The van der Waals surface area contributed by atoms with Crippen LogP contribution in [-0.2, 0) is 6.54 Å². The molecule has 0 aliphatic rings. The molecule has 1 heterocycles. The van der Waals surface area contributed by atoms with E-state index in [2.05, 4.69) is 26.9 Å². The fourth-order valence-corrected chi connectivity index (χ4v) is 1.81. The van der Waals surface area contributed by atoms with Crippen LogP contribution >= 0.6 is 0 Å². The molecule has 0 aliphatic carbocycles. The zero-order valence-electron chi connectivity index (χ0n) is 11.6. The summed E-state index contributed by atoms with van der Waals surface area (Å²) in [6.07, 6.45) is 0. The van der Waals surface area contributed by atoms with Crippen molar-refractivity contribution in [3.05, 3.63) is 35.4 Å². The van der Waals surface area contributed by atoms with E-state index in [4.69, 9.17) is 5.26 Å². The molecule has 0 radical (unpaired) electrons. The zero-order chi connectivity index (χ0) is 14.4. The van der Waals surface area contributed by atoms with Gasteiger partial charge in [-0.1, -0.05) is 17.2 Å². The maximum atomic E-state index is 8.78. The summed E-state index contributed by atoms with van der Waals surface area (Å²) >= 11 is 0. The summed E-state index contributed by atoms with van der Waals surface area (Å²) < 4.78 is 1.75. The number of aromatic nitrogens is 4. The molecule has 2 aromatic rings. The molecule has 0 saturated heterocycles. The molecule has 7 heteroatoms. The second-order valence-corrected chi connectivity index (χ2v) is 4.47. The summed E-state index contributed by atoms with van der Waals surface area (Å²) in [5, 5.41) is 23.7. The highest BCUT2D eigenvalue weighted by molar-refractivity contribution is 5.33. The third kappa shape index (κ3) is 3.30. The number of nitrogens with one attached hydrogen (secondary N) is 1. The van der Waals surface area contributed by atoms with Crippen molar-refractivity contribution >= 4 is 5.95 Å². The normalized spacial score (nSPS) is 10.2. The van der Waals surface area contributed by atoms with Crippen molar-refractivity contribution in [2.24, 2.45) is 0 Å². The second-order valence-electron chi connectivity index (χ2n) is 4.47. The van der Waals surface area contributed by atoms with Crippen LogP contribution in [0.25, 0.3) is 0 Å². The van der Waals surface area contributed by atoms with Crippen molar-refractivity contribution in [2.45, 2.75) is 6.54 Å². The quantitative estimate of drug-likeness (QED) is 0.811. The maximum Gasteiger partial charge on any atom is 0.245 e. The Morgan fingerprint density at radius 1 is 1.35 bits per heavy atom. The predicted octanol–water partition coefficient (Wildman–Crippen LogP) is 0.249. The molecule has 104 valence electrons. The lowest BCUT2D eigenvalue weighted by Gasteiger charge is -2.17. The van der Waals surface area contributed by atoms with E-state index in [0.29, 0.717) is 12.1 Å². The van der Waals surface area contributed by atoms with Gasteiger partial charge >= 0.3 is 0 Å². The number of hydrogen-bond donors (Lipinski definition) is 1. The molecule has 2 rings (SSSR count). The molecule has 1 aromatic carbocycles. The van der Waals surface area contributed by atoms with Gasteiger partial charge in [0.15, 0.2) is 0 Å². The topological polar surface area (TPSA) is 82.7 Å². The van der Waals surface area contributed by atoms with E-state index in [-0.39, 0.29) is 0 Å². The number of hydrogen-bond acceptors (Lipinski definition) is 6. The van der Waals surface area contributed by atoms with Crippen LogP contribution in [0.3, 0.4) is 0 Å². The van der Waals surface area contributed by atoms with E-state index in [1.807, 2.05) is 31.1 Å². The molecule has 7 nitrogen and oxygen atoms in total. The third-order valence-electron chi connectivity index (χ3n) is 2.97. The molecule has 0 unspecified atom stereocenters. The minimum absolute atomic E-state index is 0.581. The Morgan fingerprint density at radius 3 is 2.75 bits per heavy atom. The fourth-order valence-electron chi connectivity index (χ4n) is 1.81. The number of benzene rings is 1. The lowest BCUT2D eigenvalue weighted by Crippen LogP contribution is -2.29. The van der Waals surface area contributed by atoms with E-state index >= 15 is 0 Å². The molecule has 20 heavy (non-hydrogen) atoms. The second kappa shape index (κ2) is 6.63. The van der Waals surface area contributed by atoms with E-state index in [0.717, 1.165) is 24.6 Å². The monoisotopic (exact) mass is 271 g/mol. The average Bonchev–Trinajstić information content (AvgIpc) is 2.94. The maximum absolute atomic E-state index is 8.78. The van der Waals surface area contributed by atoms with Crippen LogP contribution in [0.15, 0.2) is 24.3 Å². The predicted molar refractivity (Wildman–Crippen MR) is 75.3 cm³/mol. The number of likely N-dealkylation sites (N-methyl/N-ethyl adjacent to an activating group) is 2. The molecule has 0 fully saturated rings. The van der Waals surface area contributed by atoms with Crippen molar-refractivity contribution in [3.8, 4) is 6.07 Å². The first kappa shape index (κ1) is 14.0. The molecule has 0 saturated carbocycles. The summed E-state index contributed by atoms with van der Waals surface area (Å²) in [4.78, 5) is 2.00. The van der Waals surface area contributed by atoms with Crippen LogP contribution in [0.1, 0.15) is 11.1 Å². The zero-order valence-corrected chi connectivity index (χ0v) is 11.6. The number of tetrazole rings is 1. The third-order valence-corrected chi connectivity index (χ3v) is 2.97. The standard InChI is InChI=1S/C13H17N7/c1-15-7-8-19(2)13-16-17-18-20(13)10-12-5-3-11(9-14)4-6-12/h3-6,15H,7-8,10H2,1-2H3. The van der Waals surface area contributed by atoms with Crippen molar-refractivity contribution < 1.29 is 0 Å². The summed E-state index contributed by atoms with van der Waals surface area (Å²) in [5.41, 5.74) is 1.70. The van der Waals surface area contributed by atoms with Crippen LogP contribution in [0.5, 0.6) is 0 Å². The molecular formula is C13H17N7. The molecular weight excluding hydrogens is 254 g/mol. The first-order valence-corrected chi connectivity index (χ1v) is 6.35. The van der Waals surface area contributed by atoms with Crippen molar-refractivity contribution in [1.82, 2.24) is 25.5 Å². The summed E-state index contributed by atoms with van der Waals surface area (Å²) in [7, 11) is 3.87. The van der Waals surface area contributed by atoms with Crippen molar-refractivity contribution in [3.63, 3.8) is 0 Å². The molecule has 0 atom stereocenters. The summed E-state index contributed by atoms with van der Waals surface area (Å²) in [5.74, 6) is 0.726. The van der Waals surface area contributed by atoms with Gasteiger partial charge in [0.1, 0.15) is 0 Å². The summed E-state index contributed by atoms with van der Waals surface area (Å²) in [6.45, 7) is 2.27. The van der Waals surface area contributed by atoms with E-state index in [1.165, 1.54) is 0 Å². The smallest absolute Gasteiger partial charge is 0.245 e. The SMILES string of the molecule is CNCCN(C)c1nnnn1Cc1ccc(C#N)cc1. The van der Waals surface area contributed by atoms with Gasteiger partial charge in [-0.25, -0.2) is 4.68 Å². The van der Waals surface area contributed by atoms with Gasteiger partial charge in [-0.05, 0) is 35.2 Å². The van der Waals surface area contributed by atoms with Gasteiger partial charge in [0.25, 0.3) is 0 Å². The molecule has 1 N–H and O–H groups in total. The first-order valence-electron chi connectivity index (χ1n) is 6.35. The van der Waals surface area contributed by atoms with E-state index in [1.54, 1.807) is 16.8 Å². The molecule has 0 amide bonds. The number of nitrogens with zero attached hydrogens (tertiary/aromatic N) is 6. The van der Waals surface area contributed by atoms with Gasteiger partial charge in [-0.3, -0.25) is 0 Å². The Kier molecular flexibility index (Phi) is 4.63. The Morgan fingerprint density at radius 2 is 2.10 bits per heavy atom. The van der Waals surface area contributed by atoms with Crippen LogP contribution in [0.4, 0.5) is 5.95 Å². The minimum Gasteiger partial charge on any atom is -0.341 e. The average molecular weight is 271 g/mol. The minimum atomic E-state index is 0.581. The van der Waals surface area contributed by atoms with Gasteiger partial charge in [-0.15, -0.1) is 0 Å². The van der Waals surface area contributed by atoms with Crippen LogP contribution < -0.4 is 10.2 Å². The highest BCUT2D eigenvalue weighted by Gasteiger charge is 2.11. The largest absolute Gasteiger partial charge is 0.341 e. The van der Waals surface area contributed by atoms with E-state index < -0.39 is 0 Å². The Balaban J connectivity index is 2.09. The Hall–Kier alpha value is -2.46. The molecule has 1 aromatic heterocycles. The van der Waals surface area contributed by atoms with Gasteiger partial charge < -0.3 is 10.2 Å². The van der Waals surface area contributed by atoms with Gasteiger partial charge in [0.2, 0.25) is 5.95 Å². The van der Waals surface area contributed by atoms with Crippen molar-refractivity contribution in [1.29, 1.82) is 5.26 Å².